The van der Waals surface area contributed by atoms with Gasteiger partial charge >= 0.3 is 0 Å². The van der Waals surface area contributed by atoms with Crippen molar-refractivity contribution in [2.24, 2.45) is 0 Å². The van der Waals surface area contributed by atoms with Gasteiger partial charge in [0.05, 0.1) is 0 Å². The molecule has 0 aliphatic rings. The van der Waals surface area contributed by atoms with Crippen LogP contribution in [0.1, 0.15) is 17.0 Å². The minimum absolute atomic E-state index is 0.992. The van der Waals surface area contributed by atoms with Crippen molar-refractivity contribution in [3.05, 3.63) is 33.2 Å². The Balaban J connectivity index is 2.16. The monoisotopic (exact) mass is 325 g/mol. The maximum absolute atomic E-state index is 4.29. The van der Waals surface area contributed by atoms with Gasteiger partial charge in [0, 0.05) is 16.5 Å². The first-order chi connectivity index (χ1) is 8.72. The van der Waals surface area contributed by atoms with Crippen LogP contribution in [0.4, 0.5) is 0 Å². The third kappa shape index (κ3) is 3.16. The van der Waals surface area contributed by atoms with Gasteiger partial charge in [0.2, 0.25) is 0 Å². The van der Waals surface area contributed by atoms with E-state index in [4.69, 9.17) is 0 Å². The Morgan fingerprint density at radius 3 is 2.94 bits per heavy atom. The van der Waals surface area contributed by atoms with Gasteiger partial charge in [-0.3, -0.25) is 0 Å². The molecule has 1 aromatic heterocycles. The van der Waals surface area contributed by atoms with E-state index in [0.29, 0.717) is 0 Å². The lowest BCUT2D eigenvalue weighted by atomic mass is 10.1. The highest BCUT2D eigenvalue weighted by molar-refractivity contribution is 9.10. The van der Waals surface area contributed by atoms with Crippen molar-refractivity contribution in [2.75, 3.05) is 13.6 Å². The van der Waals surface area contributed by atoms with E-state index in [1.807, 2.05) is 19.2 Å². The predicted molar refractivity (Wildman–Crippen MR) is 80.0 cm³/mol. The molecule has 0 saturated heterocycles. The Kier molecular flexibility index (Phi) is 4.86. The second-order valence-corrected chi connectivity index (χ2v) is 6.04. The van der Waals surface area contributed by atoms with Gasteiger partial charge in [0.25, 0.3) is 0 Å². The molecule has 0 atom stereocenters. The fourth-order valence-corrected chi connectivity index (χ4v) is 3.05. The van der Waals surface area contributed by atoms with Crippen LogP contribution in [0.25, 0.3) is 10.6 Å². The zero-order valence-electron chi connectivity index (χ0n) is 10.5. The first kappa shape index (κ1) is 13.6. The molecule has 3 nitrogen and oxygen atoms in total. The molecule has 5 heteroatoms. The minimum Gasteiger partial charge on any atom is -0.320 e. The van der Waals surface area contributed by atoms with Crippen molar-refractivity contribution >= 4 is 27.3 Å². The van der Waals surface area contributed by atoms with Crippen LogP contribution in [0, 0.1) is 6.92 Å². The van der Waals surface area contributed by atoms with E-state index in [0.717, 1.165) is 33.9 Å². The predicted octanol–water partition coefficient (Wildman–Crippen LogP) is 3.43. The van der Waals surface area contributed by atoms with Crippen LogP contribution in [0.5, 0.6) is 0 Å². The SMILES string of the molecule is CNCCCc1nnc(-c2cccc(Br)c2C)s1. The molecule has 1 aromatic carbocycles. The van der Waals surface area contributed by atoms with E-state index in [-0.39, 0.29) is 0 Å². The summed E-state index contributed by atoms with van der Waals surface area (Å²) in [6.45, 7) is 3.12. The standard InChI is InChI=1S/C13H16BrN3S/c1-9-10(5-3-6-11(9)14)13-17-16-12(18-13)7-4-8-15-2/h3,5-6,15H,4,7-8H2,1-2H3. The number of hydrogen-bond donors (Lipinski definition) is 1. The molecule has 0 aliphatic carbocycles. The van der Waals surface area contributed by atoms with Crippen LogP contribution >= 0.6 is 27.3 Å². The van der Waals surface area contributed by atoms with Crippen molar-refractivity contribution < 1.29 is 0 Å². The molecule has 0 bridgehead atoms. The number of nitrogens with one attached hydrogen (secondary N) is 1. The summed E-state index contributed by atoms with van der Waals surface area (Å²) < 4.78 is 1.12. The summed E-state index contributed by atoms with van der Waals surface area (Å²) in [4.78, 5) is 0. The van der Waals surface area contributed by atoms with Crippen LogP contribution < -0.4 is 5.32 Å². The van der Waals surface area contributed by atoms with Gasteiger partial charge in [-0.15, -0.1) is 10.2 Å². The lowest BCUT2D eigenvalue weighted by Gasteiger charge is -2.02. The topological polar surface area (TPSA) is 37.8 Å². The van der Waals surface area contributed by atoms with Gasteiger partial charge in [-0.2, -0.15) is 0 Å². The Morgan fingerprint density at radius 1 is 1.33 bits per heavy atom. The van der Waals surface area contributed by atoms with E-state index in [2.05, 4.69) is 44.4 Å². The number of aromatic nitrogens is 2. The second kappa shape index (κ2) is 6.41. The molecule has 18 heavy (non-hydrogen) atoms. The first-order valence-corrected chi connectivity index (χ1v) is 7.56. The summed E-state index contributed by atoms with van der Waals surface area (Å²) in [6, 6.07) is 6.18. The van der Waals surface area contributed by atoms with Gasteiger partial charge < -0.3 is 5.32 Å². The number of benzene rings is 1. The molecule has 1 heterocycles. The maximum Gasteiger partial charge on any atom is 0.148 e. The summed E-state index contributed by atoms with van der Waals surface area (Å²) in [6.07, 6.45) is 2.09. The first-order valence-electron chi connectivity index (χ1n) is 5.95. The van der Waals surface area contributed by atoms with Gasteiger partial charge in [0.15, 0.2) is 0 Å². The average Bonchev–Trinajstić information content (AvgIpc) is 2.82. The zero-order chi connectivity index (χ0) is 13.0. The fourth-order valence-electron chi connectivity index (χ4n) is 1.72. The summed E-state index contributed by atoms with van der Waals surface area (Å²) in [5.41, 5.74) is 2.39. The van der Waals surface area contributed by atoms with E-state index >= 15 is 0 Å². The normalized spacial score (nSPS) is 10.8. The average molecular weight is 326 g/mol. The Hall–Kier alpha value is -0.780. The molecule has 0 radical (unpaired) electrons. The molecular formula is C13H16BrN3S. The molecule has 0 fully saturated rings. The van der Waals surface area contributed by atoms with Crippen LogP contribution in [-0.4, -0.2) is 23.8 Å². The lowest BCUT2D eigenvalue weighted by molar-refractivity contribution is 0.718. The van der Waals surface area contributed by atoms with Crippen LogP contribution in [0.2, 0.25) is 0 Å². The highest BCUT2D eigenvalue weighted by atomic mass is 79.9. The molecule has 0 amide bonds. The number of aryl methyl sites for hydroxylation is 1. The number of rotatable bonds is 5. The Labute approximate surface area is 120 Å². The van der Waals surface area contributed by atoms with Crippen molar-refractivity contribution in [3.8, 4) is 10.6 Å². The second-order valence-electron chi connectivity index (χ2n) is 4.12. The molecule has 2 aromatic rings. The third-order valence-electron chi connectivity index (χ3n) is 2.78. The van der Waals surface area contributed by atoms with E-state index < -0.39 is 0 Å². The van der Waals surface area contributed by atoms with Crippen molar-refractivity contribution in [1.29, 1.82) is 0 Å². The van der Waals surface area contributed by atoms with Gasteiger partial charge in [-0.25, -0.2) is 0 Å². The smallest absolute Gasteiger partial charge is 0.148 e. The molecule has 0 spiro atoms. The van der Waals surface area contributed by atoms with Crippen molar-refractivity contribution in [3.63, 3.8) is 0 Å². The fraction of sp³-hybridized carbons (Fsp3) is 0.385. The summed E-state index contributed by atoms with van der Waals surface area (Å²) in [7, 11) is 1.97. The van der Waals surface area contributed by atoms with Gasteiger partial charge in [0.1, 0.15) is 10.0 Å². The van der Waals surface area contributed by atoms with E-state index in [1.54, 1.807) is 11.3 Å². The molecular weight excluding hydrogens is 310 g/mol. The quantitative estimate of drug-likeness (QED) is 0.856. The molecule has 0 saturated carbocycles. The largest absolute Gasteiger partial charge is 0.320 e. The summed E-state index contributed by atoms with van der Waals surface area (Å²) >= 11 is 5.24. The summed E-state index contributed by atoms with van der Waals surface area (Å²) in [5, 5.41) is 13.8. The van der Waals surface area contributed by atoms with Crippen LogP contribution in [0.15, 0.2) is 22.7 Å². The molecule has 0 aliphatic heterocycles. The van der Waals surface area contributed by atoms with E-state index in [1.165, 1.54) is 11.1 Å². The Morgan fingerprint density at radius 2 is 2.17 bits per heavy atom. The number of nitrogens with zero attached hydrogens (tertiary/aromatic N) is 2. The van der Waals surface area contributed by atoms with Crippen molar-refractivity contribution in [1.82, 2.24) is 15.5 Å². The number of hydrogen-bond acceptors (Lipinski definition) is 4. The highest BCUT2D eigenvalue weighted by Crippen LogP contribution is 2.30. The lowest BCUT2D eigenvalue weighted by Crippen LogP contribution is -2.08. The van der Waals surface area contributed by atoms with Crippen LogP contribution in [-0.2, 0) is 6.42 Å². The van der Waals surface area contributed by atoms with Crippen molar-refractivity contribution in [2.45, 2.75) is 19.8 Å². The Bertz CT molecular complexity index is 525. The third-order valence-corrected chi connectivity index (χ3v) is 4.66. The van der Waals surface area contributed by atoms with Crippen LogP contribution in [0.3, 0.4) is 0 Å². The molecule has 1 N–H and O–H groups in total. The maximum atomic E-state index is 4.29. The molecule has 0 unspecified atom stereocenters. The van der Waals surface area contributed by atoms with Gasteiger partial charge in [-0.05, 0) is 38.6 Å². The van der Waals surface area contributed by atoms with E-state index in [9.17, 15) is 0 Å². The number of halogens is 1. The highest BCUT2D eigenvalue weighted by Gasteiger charge is 2.10. The van der Waals surface area contributed by atoms with Gasteiger partial charge in [-0.1, -0.05) is 39.4 Å². The molecule has 2 rings (SSSR count). The summed E-state index contributed by atoms with van der Waals surface area (Å²) in [5.74, 6) is 0. The zero-order valence-corrected chi connectivity index (χ0v) is 12.9. The molecule has 96 valence electrons. The minimum atomic E-state index is 0.992.